The van der Waals surface area contributed by atoms with E-state index in [9.17, 15) is 4.79 Å². The molecule has 3 rings (SSSR count). The molecule has 1 aromatic heterocycles. The summed E-state index contributed by atoms with van der Waals surface area (Å²) in [6.45, 7) is 6.67. The van der Waals surface area contributed by atoms with Gasteiger partial charge in [-0.1, -0.05) is 6.07 Å². The zero-order valence-electron chi connectivity index (χ0n) is 17.1. The van der Waals surface area contributed by atoms with Gasteiger partial charge in [-0.3, -0.25) is 4.79 Å². The van der Waals surface area contributed by atoms with Crippen LogP contribution < -0.4 is 14.9 Å². The Morgan fingerprint density at radius 2 is 1.86 bits per heavy atom. The zero-order chi connectivity index (χ0) is 20.8. The van der Waals surface area contributed by atoms with Gasteiger partial charge in [-0.15, -0.1) is 0 Å². The van der Waals surface area contributed by atoms with Crippen molar-refractivity contribution in [3.63, 3.8) is 0 Å². The first-order chi connectivity index (χ1) is 14.0. The predicted molar refractivity (Wildman–Crippen MR) is 114 cm³/mol. The van der Waals surface area contributed by atoms with Gasteiger partial charge in [0, 0.05) is 28.2 Å². The fourth-order valence-corrected chi connectivity index (χ4v) is 3.16. The fraction of sp³-hybridized carbons (Fsp3) is 0.217. The number of aryl methyl sites for hydroxylation is 1. The number of hydrogen-bond donors (Lipinski definition) is 1. The highest BCUT2D eigenvalue weighted by atomic mass is 16.5. The summed E-state index contributed by atoms with van der Waals surface area (Å²) in [4.78, 5) is 12.3. The Balaban J connectivity index is 1.75. The molecule has 0 atom stereocenters. The SMILES string of the molecule is CCOc1ccc(-n2c(C)cc(/C=N\NC(=O)c3cccc(OC)c3)c2C)cc1. The van der Waals surface area contributed by atoms with Crippen molar-refractivity contribution in [3.8, 4) is 17.2 Å². The van der Waals surface area contributed by atoms with Gasteiger partial charge in [0.05, 0.1) is 19.9 Å². The van der Waals surface area contributed by atoms with E-state index in [1.54, 1.807) is 37.6 Å². The molecule has 0 fully saturated rings. The highest BCUT2D eigenvalue weighted by molar-refractivity contribution is 5.95. The van der Waals surface area contributed by atoms with Crippen molar-refractivity contribution in [1.82, 2.24) is 9.99 Å². The first kappa shape index (κ1) is 20.2. The molecule has 0 unspecified atom stereocenters. The van der Waals surface area contributed by atoms with Gasteiger partial charge in [0.15, 0.2) is 0 Å². The molecule has 0 saturated heterocycles. The summed E-state index contributed by atoms with van der Waals surface area (Å²) in [7, 11) is 1.56. The molecule has 0 saturated carbocycles. The summed E-state index contributed by atoms with van der Waals surface area (Å²) in [5.74, 6) is 1.18. The van der Waals surface area contributed by atoms with E-state index in [0.717, 1.165) is 28.4 Å². The molecule has 1 N–H and O–H groups in total. The average molecular weight is 391 g/mol. The molecule has 0 spiro atoms. The lowest BCUT2D eigenvalue weighted by Gasteiger charge is -2.10. The van der Waals surface area contributed by atoms with Crippen LogP contribution >= 0.6 is 0 Å². The number of benzene rings is 2. The molecular formula is C23H25N3O3. The van der Waals surface area contributed by atoms with E-state index in [2.05, 4.69) is 15.1 Å². The number of aromatic nitrogens is 1. The second-order valence-corrected chi connectivity index (χ2v) is 6.52. The van der Waals surface area contributed by atoms with Crippen molar-refractivity contribution in [2.45, 2.75) is 20.8 Å². The van der Waals surface area contributed by atoms with E-state index >= 15 is 0 Å². The molecule has 6 nitrogen and oxygen atoms in total. The minimum Gasteiger partial charge on any atom is -0.497 e. The molecule has 3 aromatic rings. The Kier molecular flexibility index (Phi) is 6.34. The number of nitrogens with one attached hydrogen (secondary N) is 1. The summed E-state index contributed by atoms with van der Waals surface area (Å²) in [5, 5.41) is 4.12. The van der Waals surface area contributed by atoms with E-state index in [4.69, 9.17) is 9.47 Å². The van der Waals surface area contributed by atoms with Crippen LogP contribution in [-0.2, 0) is 0 Å². The van der Waals surface area contributed by atoms with E-state index < -0.39 is 0 Å². The minimum atomic E-state index is -0.291. The van der Waals surface area contributed by atoms with E-state index in [0.29, 0.717) is 17.9 Å². The van der Waals surface area contributed by atoms with Gasteiger partial charge in [-0.05, 0) is 69.3 Å². The fourth-order valence-electron chi connectivity index (χ4n) is 3.16. The Labute approximate surface area is 170 Å². The number of hydrogen-bond acceptors (Lipinski definition) is 4. The van der Waals surface area contributed by atoms with Gasteiger partial charge in [0.1, 0.15) is 11.5 Å². The summed E-state index contributed by atoms with van der Waals surface area (Å²) in [6, 6.07) is 16.9. The Hall–Kier alpha value is -3.54. The largest absolute Gasteiger partial charge is 0.497 e. The van der Waals surface area contributed by atoms with Crippen molar-refractivity contribution in [3.05, 3.63) is 77.1 Å². The number of amides is 1. The summed E-state index contributed by atoms with van der Waals surface area (Å²) >= 11 is 0. The molecule has 0 aliphatic heterocycles. The zero-order valence-corrected chi connectivity index (χ0v) is 17.1. The van der Waals surface area contributed by atoms with Gasteiger partial charge in [-0.25, -0.2) is 5.43 Å². The van der Waals surface area contributed by atoms with E-state index in [-0.39, 0.29) is 5.91 Å². The highest BCUT2D eigenvalue weighted by Crippen LogP contribution is 2.22. The second-order valence-electron chi connectivity index (χ2n) is 6.52. The summed E-state index contributed by atoms with van der Waals surface area (Å²) < 4.78 is 12.8. The molecule has 0 bridgehead atoms. The maximum absolute atomic E-state index is 12.3. The molecular weight excluding hydrogens is 366 g/mol. The van der Waals surface area contributed by atoms with Gasteiger partial charge < -0.3 is 14.0 Å². The van der Waals surface area contributed by atoms with Crippen LogP contribution in [0.1, 0.15) is 34.2 Å². The number of carbonyl (C=O) groups excluding carboxylic acids is 1. The molecule has 0 radical (unpaired) electrons. The van der Waals surface area contributed by atoms with Crippen molar-refractivity contribution in [1.29, 1.82) is 0 Å². The number of hydrazone groups is 1. The number of ether oxygens (including phenoxy) is 2. The number of rotatable bonds is 7. The van der Waals surface area contributed by atoms with Gasteiger partial charge in [0.25, 0.3) is 5.91 Å². The monoisotopic (exact) mass is 391 g/mol. The van der Waals surface area contributed by atoms with Gasteiger partial charge in [0.2, 0.25) is 0 Å². The van der Waals surface area contributed by atoms with Crippen LogP contribution in [0.25, 0.3) is 5.69 Å². The van der Waals surface area contributed by atoms with Crippen LogP contribution in [0.5, 0.6) is 11.5 Å². The van der Waals surface area contributed by atoms with Crippen LogP contribution in [0.3, 0.4) is 0 Å². The average Bonchev–Trinajstić information content (AvgIpc) is 3.02. The minimum absolute atomic E-state index is 0.291. The number of carbonyl (C=O) groups is 1. The lowest BCUT2D eigenvalue weighted by Crippen LogP contribution is -2.17. The molecule has 6 heteroatoms. The van der Waals surface area contributed by atoms with Gasteiger partial charge in [-0.2, -0.15) is 5.10 Å². The quantitative estimate of drug-likeness (QED) is 0.483. The van der Waals surface area contributed by atoms with E-state index in [1.165, 1.54) is 0 Å². The first-order valence-corrected chi connectivity index (χ1v) is 9.43. The lowest BCUT2D eigenvalue weighted by atomic mass is 10.2. The maximum Gasteiger partial charge on any atom is 0.271 e. The van der Waals surface area contributed by atoms with Gasteiger partial charge >= 0.3 is 0 Å². The molecule has 29 heavy (non-hydrogen) atoms. The molecule has 0 aliphatic rings. The van der Waals surface area contributed by atoms with Crippen molar-refractivity contribution in [2.24, 2.45) is 5.10 Å². The van der Waals surface area contributed by atoms with Crippen LogP contribution in [0, 0.1) is 13.8 Å². The predicted octanol–water partition coefficient (Wildman–Crippen LogP) is 4.27. The molecule has 0 aliphatic carbocycles. The normalized spacial score (nSPS) is 10.9. The molecule has 1 heterocycles. The third kappa shape index (κ3) is 4.66. The highest BCUT2D eigenvalue weighted by Gasteiger charge is 2.10. The third-order valence-electron chi connectivity index (χ3n) is 4.58. The standard InChI is InChI=1S/C23H25N3O3/c1-5-29-21-11-9-20(10-12-21)26-16(2)13-19(17(26)3)15-24-25-23(27)18-7-6-8-22(14-18)28-4/h6-15H,5H2,1-4H3,(H,25,27)/b24-15-. The summed E-state index contributed by atoms with van der Waals surface area (Å²) in [6.07, 6.45) is 1.66. The Morgan fingerprint density at radius 3 is 2.55 bits per heavy atom. The van der Waals surface area contributed by atoms with Crippen LogP contribution in [-0.4, -0.2) is 30.4 Å². The molecule has 2 aromatic carbocycles. The number of nitrogens with zero attached hydrogens (tertiary/aromatic N) is 2. The van der Waals surface area contributed by atoms with Crippen molar-refractivity contribution in [2.75, 3.05) is 13.7 Å². The maximum atomic E-state index is 12.3. The summed E-state index contributed by atoms with van der Waals surface area (Å²) in [5.41, 5.74) is 7.14. The Morgan fingerprint density at radius 1 is 1.10 bits per heavy atom. The lowest BCUT2D eigenvalue weighted by molar-refractivity contribution is 0.0955. The van der Waals surface area contributed by atoms with Crippen LogP contribution in [0.15, 0.2) is 59.7 Å². The molecule has 150 valence electrons. The van der Waals surface area contributed by atoms with Crippen LogP contribution in [0.2, 0.25) is 0 Å². The van der Waals surface area contributed by atoms with E-state index in [1.807, 2.05) is 51.1 Å². The number of methoxy groups -OCH3 is 1. The second kappa shape index (κ2) is 9.10. The third-order valence-corrected chi connectivity index (χ3v) is 4.58. The van der Waals surface area contributed by atoms with Crippen molar-refractivity contribution >= 4 is 12.1 Å². The molecule has 1 amide bonds. The first-order valence-electron chi connectivity index (χ1n) is 9.43. The van der Waals surface area contributed by atoms with Crippen LogP contribution in [0.4, 0.5) is 0 Å². The Bertz CT molecular complexity index is 1020. The topological polar surface area (TPSA) is 64.8 Å². The smallest absolute Gasteiger partial charge is 0.271 e. The van der Waals surface area contributed by atoms with Crippen molar-refractivity contribution < 1.29 is 14.3 Å².